The number of rotatable bonds is 6. The van der Waals surface area contributed by atoms with Gasteiger partial charge in [-0.05, 0) is 41.3 Å². The van der Waals surface area contributed by atoms with Gasteiger partial charge < -0.3 is 19.3 Å². The highest BCUT2D eigenvalue weighted by Gasteiger charge is 2.35. The lowest BCUT2D eigenvalue weighted by Crippen LogP contribution is -2.38. The van der Waals surface area contributed by atoms with Crippen molar-refractivity contribution in [1.82, 2.24) is 0 Å². The van der Waals surface area contributed by atoms with Crippen molar-refractivity contribution in [2.45, 2.75) is 44.5 Å². The van der Waals surface area contributed by atoms with Gasteiger partial charge in [0.15, 0.2) is 0 Å². The number of ketones is 1. The second kappa shape index (κ2) is 9.48. The number of carbonyl (C=O) groups is 1. The second-order valence-electron chi connectivity index (χ2n) is 8.08. The Hall–Kier alpha value is -1.92. The largest absolute Gasteiger partial charge is 0.488 e. The van der Waals surface area contributed by atoms with Crippen LogP contribution in [0, 0.1) is 5.92 Å². The first-order valence-electron chi connectivity index (χ1n) is 10.4. The molecule has 160 valence electrons. The third-order valence-corrected chi connectivity index (χ3v) is 6.29. The first-order chi connectivity index (χ1) is 14.5. The van der Waals surface area contributed by atoms with Crippen LogP contribution < -0.4 is 4.74 Å². The molecule has 5 nitrogen and oxygen atoms in total. The quantitative estimate of drug-likeness (QED) is 0.746. The molecule has 2 fully saturated rings. The number of hydrogen-bond donors (Lipinski definition) is 1. The highest BCUT2D eigenvalue weighted by atomic mass is 35.5. The molecule has 2 saturated heterocycles. The lowest BCUT2D eigenvalue weighted by molar-refractivity contribution is -0.149. The molecule has 2 aromatic rings. The van der Waals surface area contributed by atoms with E-state index in [0.29, 0.717) is 24.5 Å². The number of aliphatic hydroxyl groups is 1. The zero-order valence-corrected chi connectivity index (χ0v) is 17.8. The van der Waals surface area contributed by atoms with Crippen molar-refractivity contribution in [3.8, 4) is 5.75 Å². The van der Waals surface area contributed by atoms with E-state index in [1.165, 1.54) is 0 Å². The number of ether oxygens (including phenoxy) is 3. The van der Waals surface area contributed by atoms with Crippen LogP contribution >= 0.6 is 11.6 Å². The Labute approximate surface area is 181 Å². The van der Waals surface area contributed by atoms with E-state index in [4.69, 9.17) is 25.8 Å². The van der Waals surface area contributed by atoms with Gasteiger partial charge in [0.2, 0.25) is 0 Å². The summed E-state index contributed by atoms with van der Waals surface area (Å²) in [5.41, 5.74) is 3.00. The van der Waals surface area contributed by atoms with Gasteiger partial charge in [0, 0.05) is 23.8 Å². The Bertz CT molecular complexity index is 876. The number of hydrogen-bond acceptors (Lipinski definition) is 5. The Kier molecular flexibility index (Phi) is 6.74. The van der Waals surface area contributed by atoms with Gasteiger partial charge in [0.25, 0.3) is 0 Å². The molecule has 0 amide bonds. The molecule has 0 aliphatic carbocycles. The Balaban J connectivity index is 1.46. The summed E-state index contributed by atoms with van der Waals surface area (Å²) in [6.45, 7) is 3.04. The minimum absolute atomic E-state index is 0.116. The summed E-state index contributed by atoms with van der Waals surface area (Å²) < 4.78 is 17.3. The molecule has 2 aromatic carbocycles. The summed E-state index contributed by atoms with van der Waals surface area (Å²) in [5, 5.41) is 10.2. The maximum absolute atomic E-state index is 12.3. The first-order valence-corrected chi connectivity index (χ1v) is 10.8. The van der Waals surface area contributed by atoms with Crippen LogP contribution in [0.15, 0.2) is 42.5 Å². The fourth-order valence-electron chi connectivity index (χ4n) is 3.98. The lowest BCUT2D eigenvalue weighted by Gasteiger charge is -2.33. The van der Waals surface area contributed by atoms with E-state index >= 15 is 0 Å². The highest BCUT2D eigenvalue weighted by molar-refractivity contribution is 6.31. The van der Waals surface area contributed by atoms with Gasteiger partial charge in [-0.1, -0.05) is 42.8 Å². The van der Waals surface area contributed by atoms with E-state index in [0.717, 1.165) is 35.5 Å². The summed E-state index contributed by atoms with van der Waals surface area (Å²) in [6.07, 6.45) is 1.21. The molecule has 0 radical (unpaired) electrons. The molecule has 0 saturated carbocycles. The number of aliphatic hydroxyl groups excluding tert-OH is 1. The van der Waals surface area contributed by atoms with Crippen LogP contribution in [0.25, 0.3) is 0 Å². The van der Waals surface area contributed by atoms with Crippen LogP contribution in [0.5, 0.6) is 5.75 Å². The van der Waals surface area contributed by atoms with Crippen LogP contribution in [0.2, 0.25) is 5.02 Å². The van der Waals surface area contributed by atoms with Crippen molar-refractivity contribution in [3.63, 3.8) is 0 Å². The summed E-state index contributed by atoms with van der Waals surface area (Å²) in [6, 6.07) is 13.8. The zero-order chi connectivity index (χ0) is 21.1. The molecule has 2 aliphatic rings. The molecule has 0 spiro atoms. The van der Waals surface area contributed by atoms with Crippen molar-refractivity contribution in [2.24, 2.45) is 5.92 Å². The number of benzene rings is 2. The van der Waals surface area contributed by atoms with E-state index in [9.17, 15) is 9.90 Å². The molecule has 2 aliphatic heterocycles. The van der Waals surface area contributed by atoms with E-state index < -0.39 is 6.10 Å². The van der Waals surface area contributed by atoms with E-state index in [1.807, 2.05) is 42.5 Å². The molecule has 6 heteroatoms. The van der Waals surface area contributed by atoms with Crippen molar-refractivity contribution in [1.29, 1.82) is 0 Å². The molecular formula is C24H27ClO5. The summed E-state index contributed by atoms with van der Waals surface area (Å²) in [5.74, 6) is 0.673. The molecule has 4 atom stereocenters. The number of Topliss-reactive ketones (excluding diaryl/α,β-unsaturated/α-hetero) is 1. The van der Waals surface area contributed by atoms with Crippen LogP contribution in [0.3, 0.4) is 0 Å². The van der Waals surface area contributed by atoms with Gasteiger partial charge in [0.1, 0.15) is 17.6 Å². The van der Waals surface area contributed by atoms with Gasteiger partial charge in [0.05, 0.1) is 32.0 Å². The standard InChI is InChI=1S/C24H27ClO5/c1-15-22(27)12-23(30-24(15)13-26)17-4-7-21(25)18(11-17)10-16-2-5-19(6-3-16)29-20-8-9-28-14-20/h2-7,11,15,20,23-24,26H,8-10,12-14H2,1H3/t15?,20?,23-,24?/m1/s1. The average Bonchev–Trinajstić information content (AvgIpc) is 3.26. The minimum Gasteiger partial charge on any atom is -0.488 e. The van der Waals surface area contributed by atoms with Gasteiger partial charge in [-0.3, -0.25) is 4.79 Å². The fraction of sp³-hybridized carbons (Fsp3) is 0.458. The summed E-state index contributed by atoms with van der Waals surface area (Å²) in [7, 11) is 0. The molecule has 3 unspecified atom stereocenters. The van der Waals surface area contributed by atoms with Crippen molar-refractivity contribution in [2.75, 3.05) is 19.8 Å². The fourth-order valence-corrected chi connectivity index (χ4v) is 4.17. The van der Waals surface area contributed by atoms with Crippen LogP contribution in [0.1, 0.15) is 42.6 Å². The highest BCUT2D eigenvalue weighted by Crippen LogP contribution is 2.34. The van der Waals surface area contributed by atoms with Crippen LogP contribution in [-0.2, 0) is 20.7 Å². The van der Waals surface area contributed by atoms with E-state index in [2.05, 4.69) is 0 Å². The van der Waals surface area contributed by atoms with Crippen molar-refractivity contribution >= 4 is 17.4 Å². The predicted octanol–water partition coefficient (Wildman–Crippen LogP) is 4.13. The molecular weight excluding hydrogens is 404 g/mol. The average molecular weight is 431 g/mol. The molecule has 0 aromatic heterocycles. The van der Waals surface area contributed by atoms with Crippen LogP contribution in [-0.4, -0.2) is 42.9 Å². The third kappa shape index (κ3) is 4.86. The Morgan fingerprint density at radius 3 is 2.70 bits per heavy atom. The third-order valence-electron chi connectivity index (χ3n) is 5.92. The van der Waals surface area contributed by atoms with Crippen molar-refractivity contribution < 1.29 is 24.1 Å². The molecule has 1 N–H and O–H groups in total. The maximum atomic E-state index is 12.3. The summed E-state index contributed by atoms with van der Waals surface area (Å²) in [4.78, 5) is 12.3. The molecule has 2 heterocycles. The van der Waals surface area contributed by atoms with Gasteiger partial charge in [-0.25, -0.2) is 0 Å². The lowest BCUT2D eigenvalue weighted by atomic mass is 9.89. The van der Waals surface area contributed by atoms with E-state index in [1.54, 1.807) is 6.92 Å². The smallest absolute Gasteiger partial charge is 0.141 e. The number of carbonyl (C=O) groups excluding carboxylic acids is 1. The monoisotopic (exact) mass is 430 g/mol. The predicted molar refractivity (Wildman–Crippen MR) is 114 cm³/mol. The van der Waals surface area contributed by atoms with Crippen molar-refractivity contribution in [3.05, 3.63) is 64.2 Å². The topological polar surface area (TPSA) is 65.0 Å². The van der Waals surface area contributed by atoms with Gasteiger partial charge >= 0.3 is 0 Å². The van der Waals surface area contributed by atoms with E-state index in [-0.39, 0.29) is 30.5 Å². The second-order valence-corrected chi connectivity index (χ2v) is 8.49. The minimum atomic E-state index is -0.465. The molecule has 30 heavy (non-hydrogen) atoms. The maximum Gasteiger partial charge on any atom is 0.141 e. The van der Waals surface area contributed by atoms with Gasteiger partial charge in [-0.2, -0.15) is 0 Å². The Morgan fingerprint density at radius 1 is 1.20 bits per heavy atom. The summed E-state index contributed by atoms with van der Waals surface area (Å²) >= 11 is 6.45. The van der Waals surface area contributed by atoms with Crippen LogP contribution in [0.4, 0.5) is 0 Å². The molecule has 0 bridgehead atoms. The normalized spacial score (nSPS) is 26.7. The number of halogens is 1. The zero-order valence-electron chi connectivity index (χ0n) is 17.1. The molecule has 4 rings (SSSR count). The van der Waals surface area contributed by atoms with Gasteiger partial charge in [-0.15, -0.1) is 0 Å². The SMILES string of the molecule is CC1C(=O)C[C@H](c2ccc(Cl)c(Cc3ccc(OC4CCOC4)cc3)c2)OC1CO. The Morgan fingerprint density at radius 2 is 2.00 bits per heavy atom. The first kappa shape index (κ1) is 21.3.